The number of rotatable bonds is 4. The third kappa shape index (κ3) is 5.92. The summed E-state index contributed by atoms with van der Waals surface area (Å²) in [6.45, 7) is 4.67. The lowest BCUT2D eigenvalue weighted by atomic mass is 10.1. The van der Waals surface area contributed by atoms with Crippen molar-refractivity contribution in [1.82, 2.24) is 5.32 Å². The van der Waals surface area contributed by atoms with Gasteiger partial charge in [-0.2, -0.15) is 5.26 Å². The number of nitriles is 1. The van der Waals surface area contributed by atoms with E-state index in [0.29, 0.717) is 24.6 Å². The number of nitrogens with one attached hydrogen (secondary N) is 1. The smallest absolute Gasteiger partial charge is 0.189 e. The number of hydrogen-bond acceptors (Lipinski definition) is 2. The van der Waals surface area contributed by atoms with Crippen LogP contribution < -0.4 is 11.1 Å². The standard InChI is InChI=1S/C12H14N4.HI/c1-2-7-15-12(14)16-9-11-5-3-10(8-13)4-6-11;/h2-6H,1,7,9H2,(H3,14,15,16);1H. The monoisotopic (exact) mass is 342 g/mol. The Morgan fingerprint density at radius 3 is 2.65 bits per heavy atom. The first-order chi connectivity index (χ1) is 7.76. The number of hydrogen-bond donors (Lipinski definition) is 2. The second kappa shape index (κ2) is 8.58. The van der Waals surface area contributed by atoms with E-state index in [1.807, 2.05) is 12.1 Å². The van der Waals surface area contributed by atoms with Gasteiger partial charge in [-0.15, -0.1) is 30.6 Å². The lowest BCUT2D eigenvalue weighted by Crippen LogP contribution is -2.31. The number of aliphatic imine (C=N–C) groups is 1. The van der Waals surface area contributed by atoms with E-state index >= 15 is 0 Å². The molecule has 0 aliphatic rings. The van der Waals surface area contributed by atoms with E-state index in [2.05, 4.69) is 23.0 Å². The van der Waals surface area contributed by atoms with Gasteiger partial charge in [0.2, 0.25) is 0 Å². The van der Waals surface area contributed by atoms with Gasteiger partial charge < -0.3 is 11.1 Å². The summed E-state index contributed by atoms with van der Waals surface area (Å²) in [5, 5.41) is 11.5. The summed E-state index contributed by atoms with van der Waals surface area (Å²) in [4.78, 5) is 4.14. The van der Waals surface area contributed by atoms with Crippen molar-refractivity contribution >= 4 is 29.9 Å². The van der Waals surface area contributed by atoms with E-state index < -0.39 is 0 Å². The van der Waals surface area contributed by atoms with Crippen molar-refractivity contribution in [2.24, 2.45) is 10.7 Å². The van der Waals surface area contributed by atoms with Crippen LogP contribution in [0.15, 0.2) is 41.9 Å². The molecule has 17 heavy (non-hydrogen) atoms. The van der Waals surface area contributed by atoms with E-state index in [4.69, 9.17) is 11.0 Å². The van der Waals surface area contributed by atoms with E-state index in [-0.39, 0.29) is 24.0 Å². The van der Waals surface area contributed by atoms with E-state index in [1.165, 1.54) is 0 Å². The summed E-state index contributed by atoms with van der Waals surface area (Å²) in [5.41, 5.74) is 7.26. The van der Waals surface area contributed by atoms with Crippen LogP contribution >= 0.6 is 24.0 Å². The van der Waals surface area contributed by atoms with Crippen LogP contribution in [-0.2, 0) is 6.54 Å². The number of guanidine groups is 1. The van der Waals surface area contributed by atoms with Crippen molar-refractivity contribution < 1.29 is 0 Å². The Labute approximate surface area is 118 Å². The van der Waals surface area contributed by atoms with Crippen LogP contribution in [0.1, 0.15) is 11.1 Å². The molecule has 1 aromatic carbocycles. The minimum atomic E-state index is 0. The number of nitrogens with two attached hydrogens (primary N) is 1. The quantitative estimate of drug-likeness (QED) is 0.379. The molecular formula is C12H15IN4. The third-order valence-corrected chi connectivity index (χ3v) is 1.94. The van der Waals surface area contributed by atoms with Crippen LogP contribution in [0.5, 0.6) is 0 Å². The average Bonchev–Trinajstić information content (AvgIpc) is 2.34. The summed E-state index contributed by atoms with van der Waals surface area (Å²) in [6, 6.07) is 9.32. The van der Waals surface area contributed by atoms with Crippen LogP contribution in [0.3, 0.4) is 0 Å². The molecule has 0 aliphatic heterocycles. The molecule has 0 fully saturated rings. The molecule has 0 saturated carbocycles. The highest BCUT2D eigenvalue weighted by Crippen LogP contribution is 2.04. The lowest BCUT2D eigenvalue weighted by molar-refractivity contribution is 0.970. The first-order valence-electron chi connectivity index (χ1n) is 4.90. The van der Waals surface area contributed by atoms with Crippen LogP contribution in [0, 0.1) is 11.3 Å². The normalized spacial score (nSPS) is 9.94. The van der Waals surface area contributed by atoms with Gasteiger partial charge in [-0.05, 0) is 17.7 Å². The predicted molar refractivity (Wildman–Crippen MR) is 80.1 cm³/mol. The molecule has 1 rings (SSSR count). The summed E-state index contributed by atoms with van der Waals surface area (Å²) in [5.74, 6) is 0.393. The predicted octanol–water partition coefficient (Wildman–Crippen LogP) is 1.77. The molecule has 0 amide bonds. The van der Waals surface area contributed by atoms with E-state index in [9.17, 15) is 0 Å². The highest BCUT2D eigenvalue weighted by atomic mass is 127. The van der Waals surface area contributed by atoms with Gasteiger partial charge in [0.15, 0.2) is 5.96 Å². The molecule has 0 aromatic heterocycles. The van der Waals surface area contributed by atoms with Gasteiger partial charge in [-0.3, -0.25) is 0 Å². The Balaban J connectivity index is 0.00000256. The highest BCUT2D eigenvalue weighted by Gasteiger charge is 1.93. The molecule has 1 aromatic rings. The lowest BCUT2D eigenvalue weighted by Gasteiger charge is -2.02. The van der Waals surface area contributed by atoms with Crippen molar-refractivity contribution in [1.29, 1.82) is 5.26 Å². The van der Waals surface area contributed by atoms with Gasteiger partial charge in [0, 0.05) is 6.54 Å². The summed E-state index contributed by atoms with van der Waals surface area (Å²) < 4.78 is 0. The van der Waals surface area contributed by atoms with Crippen molar-refractivity contribution in [2.75, 3.05) is 6.54 Å². The largest absolute Gasteiger partial charge is 0.370 e. The third-order valence-electron chi connectivity index (χ3n) is 1.94. The highest BCUT2D eigenvalue weighted by molar-refractivity contribution is 14.0. The SMILES string of the molecule is C=CCNC(N)=NCc1ccc(C#N)cc1.I. The Morgan fingerprint density at radius 1 is 1.47 bits per heavy atom. The molecule has 0 spiro atoms. The van der Waals surface area contributed by atoms with Crippen LogP contribution in [0.2, 0.25) is 0 Å². The first kappa shape index (κ1) is 15.5. The maximum absolute atomic E-state index is 8.63. The summed E-state index contributed by atoms with van der Waals surface area (Å²) >= 11 is 0. The fourth-order valence-corrected chi connectivity index (χ4v) is 1.09. The fourth-order valence-electron chi connectivity index (χ4n) is 1.09. The molecule has 0 atom stereocenters. The second-order valence-electron chi connectivity index (χ2n) is 3.18. The summed E-state index contributed by atoms with van der Waals surface area (Å²) in [7, 11) is 0. The van der Waals surface area contributed by atoms with Crippen LogP contribution in [0.4, 0.5) is 0 Å². The molecule has 90 valence electrons. The average molecular weight is 342 g/mol. The van der Waals surface area contributed by atoms with Gasteiger partial charge in [-0.1, -0.05) is 18.2 Å². The topological polar surface area (TPSA) is 74.2 Å². The van der Waals surface area contributed by atoms with Crippen LogP contribution in [0.25, 0.3) is 0 Å². The molecule has 0 unspecified atom stereocenters. The molecule has 4 nitrogen and oxygen atoms in total. The summed E-state index contributed by atoms with van der Waals surface area (Å²) in [6.07, 6.45) is 1.71. The molecule has 0 saturated heterocycles. The van der Waals surface area contributed by atoms with Gasteiger partial charge in [0.05, 0.1) is 18.2 Å². The number of halogens is 1. The van der Waals surface area contributed by atoms with E-state index in [1.54, 1.807) is 18.2 Å². The van der Waals surface area contributed by atoms with Crippen molar-refractivity contribution in [3.8, 4) is 6.07 Å². The Kier molecular flexibility index (Phi) is 7.80. The Bertz CT molecular complexity index is 417. The van der Waals surface area contributed by atoms with Crippen molar-refractivity contribution in [3.05, 3.63) is 48.0 Å². The molecule has 0 heterocycles. The molecule has 5 heteroatoms. The molecule has 0 radical (unpaired) electrons. The maximum Gasteiger partial charge on any atom is 0.189 e. The zero-order chi connectivity index (χ0) is 11.8. The van der Waals surface area contributed by atoms with Gasteiger partial charge >= 0.3 is 0 Å². The van der Waals surface area contributed by atoms with Crippen molar-refractivity contribution in [3.63, 3.8) is 0 Å². The van der Waals surface area contributed by atoms with Crippen LogP contribution in [-0.4, -0.2) is 12.5 Å². The first-order valence-corrected chi connectivity index (χ1v) is 4.90. The van der Waals surface area contributed by atoms with Gasteiger partial charge in [-0.25, -0.2) is 4.99 Å². The molecule has 0 aliphatic carbocycles. The molecule has 3 N–H and O–H groups in total. The van der Waals surface area contributed by atoms with Gasteiger partial charge in [0.1, 0.15) is 0 Å². The Morgan fingerprint density at radius 2 is 2.12 bits per heavy atom. The van der Waals surface area contributed by atoms with Crippen molar-refractivity contribution in [2.45, 2.75) is 6.54 Å². The molecule has 0 bridgehead atoms. The zero-order valence-corrected chi connectivity index (χ0v) is 11.7. The Hall–Kier alpha value is -1.55. The minimum absolute atomic E-state index is 0. The second-order valence-corrected chi connectivity index (χ2v) is 3.18. The number of nitrogens with zero attached hydrogens (tertiary/aromatic N) is 2. The minimum Gasteiger partial charge on any atom is -0.370 e. The zero-order valence-electron chi connectivity index (χ0n) is 9.39. The molecular weight excluding hydrogens is 327 g/mol. The van der Waals surface area contributed by atoms with E-state index in [0.717, 1.165) is 5.56 Å². The van der Waals surface area contributed by atoms with Gasteiger partial charge in [0.25, 0.3) is 0 Å². The fraction of sp³-hybridized carbons (Fsp3) is 0.167. The number of benzene rings is 1. The maximum atomic E-state index is 8.63.